The number of nitrogens with zero attached hydrogens (tertiary/aromatic N) is 1. The Kier molecular flexibility index (Phi) is 3.83. The van der Waals surface area contributed by atoms with Gasteiger partial charge in [0.1, 0.15) is 4.60 Å². The lowest BCUT2D eigenvalue weighted by Gasteiger charge is -2.19. The Bertz CT molecular complexity index is 637. The second-order valence-corrected chi connectivity index (χ2v) is 5.79. The van der Waals surface area contributed by atoms with Crippen LogP contribution in [0.4, 0.5) is 5.69 Å². The summed E-state index contributed by atoms with van der Waals surface area (Å²) in [5.74, 6) is -0.107. The van der Waals surface area contributed by atoms with Crippen LogP contribution in [0.15, 0.2) is 41.1 Å². The quantitative estimate of drug-likeness (QED) is 0.846. The lowest BCUT2D eigenvalue weighted by atomic mass is 9.90. The number of benzene rings is 1. The van der Waals surface area contributed by atoms with Gasteiger partial charge in [-0.3, -0.25) is 4.79 Å². The Morgan fingerprint density at radius 2 is 2.00 bits per heavy atom. The number of halogens is 1. The molecule has 0 saturated heterocycles. The molecule has 1 aliphatic rings. The molecule has 0 radical (unpaired) electrons. The topological polar surface area (TPSA) is 42.0 Å². The van der Waals surface area contributed by atoms with E-state index in [1.807, 2.05) is 12.1 Å². The monoisotopic (exact) mass is 330 g/mol. The number of nitrogens with one attached hydrogen (secondary N) is 1. The highest BCUT2D eigenvalue weighted by Crippen LogP contribution is 2.28. The van der Waals surface area contributed by atoms with Gasteiger partial charge in [-0.2, -0.15) is 0 Å². The van der Waals surface area contributed by atoms with Crippen LogP contribution < -0.4 is 5.32 Å². The molecule has 4 heteroatoms. The summed E-state index contributed by atoms with van der Waals surface area (Å²) in [6.45, 7) is 0. The van der Waals surface area contributed by atoms with E-state index in [0.29, 0.717) is 5.56 Å². The van der Waals surface area contributed by atoms with Gasteiger partial charge in [-0.25, -0.2) is 4.98 Å². The van der Waals surface area contributed by atoms with Crippen LogP contribution in [0.1, 0.15) is 34.3 Å². The molecular formula is C16H15BrN2O. The van der Waals surface area contributed by atoms with Crippen molar-refractivity contribution in [2.75, 3.05) is 5.32 Å². The van der Waals surface area contributed by atoms with Crippen LogP contribution in [-0.4, -0.2) is 10.9 Å². The van der Waals surface area contributed by atoms with E-state index in [9.17, 15) is 4.79 Å². The molecule has 1 aliphatic carbocycles. The van der Waals surface area contributed by atoms with Crippen LogP contribution in [0.5, 0.6) is 0 Å². The molecule has 0 aliphatic heterocycles. The summed E-state index contributed by atoms with van der Waals surface area (Å²) in [4.78, 5) is 16.3. The summed E-state index contributed by atoms with van der Waals surface area (Å²) in [7, 11) is 0. The maximum Gasteiger partial charge on any atom is 0.257 e. The molecule has 1 amide bonds. The third kappa shape index (κ3) is 2.75. The number of amides is 1. The minimum atomic E-state index is -0.107. The van der Waals surface area contributed by atoms with Crippen LogP contribution in [0.25, 0.3) is 0 Å². The molecule has 1 N–H and O–H groups in total. The van der Waals surface area contributed by atoms with Crippen molar-refractivity contribution in [2.45, 2.75) is 25.7 Å². The summed E-state index contributed by atoms with van der Waals surface area (Å²) in [6, 6.07) is 9.69. The average Bonchev–Trinajstić information content (AvgIpc) is 2.48. The number of fused-ring (bicyclic) bond motifs is 1. The molecule has 20 heavy (non-hydrogen) atoms. The minimum Gasteiger partial charge on any atom is -0.322 e. The van der Waals surface area contributed by atoms with Crippen LogP contribution in [0, 0.1) is 0 Å². The number of carbonyl (C=O) groups is 1. The molecule has 2 aromatic rings. The zero-order valence-electron chi connectivity index (χ0n) is 11.0. The van der Waals surface area contributed by atoms with Gasteiger partial charge in [0, 0.05) is 11.9 Å². The first-order valence-corrected chi connectivity index (χ1v) is 7.57. The van der Waals surface area contributed by atoms with Crippen molar-refractivity contribution >= 4 is 27.5 Å². The van der Waals surface area contributed by atoms with Crippen molar-refractivity contribution in [3.63, 3.8) is 0 Å². The second-order valence-electron chi connectivity index (χ2n) is 4.97. The normalized spacial score (nSPS) is 13.7. The van der Waals surface area contributed by atoms with E-state index in [1.54, 1.807) is 18.3 Å². The standard InChI is InChI=1S/C16H15BrN2O/c17-15-9-8-12(10-18-15)16(20)19-14-7-3-5-11-4-1-2-6-13(11)14/h3,5,7-10H,1-2,4,6H2,(H,19,20). The third-order valence-electron chi connectivity index (χ3n) is 3.63. The SMILES string of the molecule is O=C(Nc1cccc2c1CCCC2)c1ccc(Br)nc1. The Labute approximate surface area is 126 Å². The fourth-order valence-corrected chi connectivity index (χ4v) is 2.84. The number of aryl methyl sites for hydroxylation is 1. The zero-order valence-corrected chi connectivity index (χ0v) is 12.6. The number of carbonyl (C=O) groups excluding carboxylic acids is 1. The third-order valence-corrected chi connectivity index (χ3v) is 4.10. The largest absolute Gasteiger partial charge is 0.322 e. The molecule has 0 unspecified atom stereocenters. The molecule has 0 fully saturated rings. The lowest BCUT2D eigenvalue weighted by molar-refractivity contribution is 0.102. The molecule has 3 nitrogen and oxygen atoms in total. The van der Waals surface area contributed by atoms with Crippen LogP contribution in [-0.2, 0) is 12.8 Å². The van der Waals surface area contributed by atoms with Crippen LogP contribution >= 0.6 is 15.9 Å². The Balaban J connectivity index is 1.84. The number of anilines is 1. The highest BCUT2D eigenvalue weighted by atomic mass is 79.9. The van der Waals surface area contributed by atoms with E-state index in [4.69, 9.17) is 0 Å². The highest BCUT2D eigenvalue weighted by molar-refractivity contribution is 9.10. The maximum absolute atomic E-state index is 12.2. The number of hydrogen-bond acceptors (Lipinski definition) is 2. The molecule has 1 aromatic heterocycles. The zero-order chi connectivity index (χ0) is 13.9. The molecule has 0 atom stereocenters. The van der Waals surface area contributed by atoms with Gasteiger partial charge in [0.05, 0.1) is 5.56 Å². The summed E-state index contributed by atoms with van der Waals surface area (Å²) in [6.07, 6.45) is 6.17. The first-order valence-electron chi connectivity index (χ1n) is 6.78. The summed E-state index contributed by atoms with van der Waals surface area (Å²) in [5, 5.41) is 3.01. The molecular weight excluding hydrogens is 316 g/mol. The molecule has 1 heterocycles. The van der Waals surface area contributed by atoms with Gasteiger partial charge in [0.25, 0.3) is 5.91 Å². The van der Waals surface area contributed by atoms with E-state index >= 15 is 0 Å². The predicted octanol–water partition coefficient (Wildman–Crippen LogP) is 3.98. The molecule has 0 saturated carbocycles. The van der Waals surface area contributed by atoms with Gasteiger partial charge in [-0.05, 0) is 70.9 Å². The number of pyridine rings is 1. The van der Waals surface area contributed by atoms with Crippen molar-refractivity contribution < 1.29 is 4.79 Å². The fraction of sp³-hybridized carbons (Fsp3) is 0.250. The van der Waals surface area contributed by atoms with Gasteiger partial charge >= 0.3 is 0 Å². The molecule has 102 valence electrons. The maximum atomic E-state index is 12.2. The van der Waals surface area contributed by atoms with Crippen LogP contribution in [0.3, 0.4) is 0 Å². The summed E-state index contributed by atoms with van der Waals surface area (Å²) in [5.41, 5.74) is 4.16. The van der Waals surface area contributed by atoms with E-state index in [0.717, 1.165) is 23.1 Å². The minimum absolute atomic E-state index is 0.107. The van der Waals surface area contributed by atoms with Gasteiger partial charge in [-0.15, -0.1) is 0 Å². The molecule has 1 aromatic carbocycles. The lowest BCUT2D eigenvalue weighted by Crippen LogP contribution is -2.15. The molecule has 0 bridgehead atoms. The van der Waals surface area contributed by atoms with Gasteiger partial charge in [0.2, 0.25) is 0 Å². The van der Waals surface area contributed by atoms with Crippen molar-refractivity contribution in [3.05, 3.63) is 57.8 Å². The van der Waals surface area contributed by atoms with E-state index in [-0.39, 0.29) is 5.91 Å². The first-order chi connectivity index (χ1) is 9.74. The number of aromatic nitrogens is 1. The predicted molar refractivity (Wildman–Crippen MR) is 83.0 cm³/mol. The Morgan fingerprint density at radius 1 is 1.15 bits per heavy atom. The number of rotatable bonds is 2. The van der Waals surface area contributed by atoms with Gasteiger partial charge in [0.15, 0.2) is 0 Å². The van der Waals surface area contributed by atoms with Crippen molar-refractivity contribution in [2.24, 2.45) is 0 Å². The van der Waals surface area contributed by atoms with Crippen molar-refractivity contribution in [1.82, 2.24) is 4.98 Å². The van der Waals surface area contributed by atoms with Gasteiger partial charge < -0.3 is 5.32 Å². The summed E-state index contributed by atoms with van der Waals surface area (Å²) >= 11 is 3.27. The molecule has 3 rings (SSSR count). The average molecular weight is 331 g/mol. The van der Waals surface area contributed by atoms with E-state index < -0.39 is 0 Å². The summed E-state index contributed by atoms with van der Waals surface area (Å²) < 4.78 is 0.728. The van der Waals surface area contributed by atoms with Crippen LogP contribution in [0.2, 0.25) is 0 Å². The first kappa shape index (κ1) is 13.3. The Hall–Kier alpha value is -1.68. The van der Waals surface area contributed by atoms with Crippen molar-refractivity contribution in [1.29, 1.82) is 0 Å². The fourth-order valence-electron chi connectivity index (χ4n) is 2.60. The van der Waals surface area contributed by atoms with E-state index in [2.05, 4.69) is 32.3 Å². The second kappa shape index (κ2) is 5.75. The van der Waals surface area contributed by atoms with E-state index in [1.165, 1.54) is 24.0 Å². The smallest absolute Gasteiger partial charge is 0.257 e. The molecule has 0 spiro atoms. The van der Waals surface area contributed by atoms with Crippen molar-refractivity contribution in [3.8, 4) is 0 Å². The highest BCUT2D eigenvalue weighted by Gasteiger charge is 2.15. The van der Waals surface area contributed by atoms with Gasteiger partial charge in [-0.1, -0.05) is 12.1 Å². The Morgan fingerprint density at radius 3 is 2.80 bits per heavy atom. The number of hydrogen-bond donors (Lipinski definition) is 1.